The van der Waals surface area contributed by atoms with Crippen LogP contribution in [0.4, 0.5) is 11.4 Å². The van der Waals surface area contributed by atoms with Crippen LogP contribution in [0.3, 0.4) is 0 Å². The summed E-state index contributed by atoms with van der Waals surface area (Å²) < 4.78 is 0. The molecule has 0 aliphatic rings. The maximum absolute atomic E-state index is 10.3. The molecule has 0 spiro atoms. The smallest absolute Gasteiger partial charge is 0.211 e. The van der Waals surface area contributed by atoms with Gasteiger partial charge in [0, 0.05) is 5.92 Å². The van der Waals surface area contributed by atoms with E-state index in [1.165, 1.54) is 11.1 Å². The Morgan fingerprint density at radius 3 is 1.55 bits per heavy atom. The number of nitrogens with zero attached hydrogens (tertiary/aromatic N) is 2. The van der Waals surface area contributed by atoms with Gasteiger partial charge in [0.25, 0.3) is 0 Å². The van der Waals surface area contributed by atoms with Gasteiger partial charge >= 0.3 is 0 Å². The fourth-order valence-corrected chi connectivity index (χ4v) is 2.48. The summed E-state index contributed by atoms with van der Waals surface area (Å²) >= 11 is 0. The van der Waals surface area contributed by atoms with Crippen molar-refractivity contribution in [2.45, 2.75) is 25.7 Å². The summed E-state index contributed by atoms with van der Waals surface area (Å²) in [5.41, 5.74) is 3.53. The van der Waals surface area contributed by atoms with Gasteiger partial charge in [-0.25, -0.2) is 9.59 Å². The van der Waals surface area contributed by atoms with Crippen molar-refractivity contribution >= 4 is 23.5 Å². The van der Waals surface area contributed by atoms with E-state index >= 15 is 0 Å². The summed E-state index contributed by atoms with van der Waals surface area (Å²) in [6.45, 7) is 2.14. The third-order valence-electron chi connectivity index (χ3n) is 3.52. The molecule has 2 aromatic rings. The molecular formula is C18H16N2O2. The van der Waals surface area contributed by atoms with Crippen LogP contribution in [-0.2, 0) is 9.59 Å². The number of rotatable bonds is 6. The molecule has 2 aromatic carbocycles. The Kier molecular flexibility index (Phi) is 5.56. The van der Waals surface area contributed by atoms with Crippen LogP contribution in [-0.4, -0.2) is 12.2 Å². The van der Waals surface area contributed by atoms with Gasteiger partial charge in [-0.1, -0.05) is 37.6 Å². The van der Waals surface area contributed by atoms with Crippen molar-refractivity contribution < 1.29 is 9.59 Å². The van der Waals surface area contributed by atoms with Crippen LogP contribution in [0.2, 0.25) is 0 Å². The van der Waals surface area contributed by atoms with E-state index < -0.39 is 0 Å². The molecule has 0 radical (unpaired) electrons. The Bertz CT molecular complexity index is 646. The van der Waals surface area contributed by atoms with Crippen LogP contribution in [0.1, 0.15) is 36.8 Å². The average Bonchev–Trinajstić information content (AvgIpc) is 2.55. The lowest BCUT2D eigenvalue weighted by Gasteiger charge is -2.17. The zero-order valence-electron chi connectivity index (χ0n) is 12.3. The first-order valence-electron chi connectivity index (χ1n) is 7.14. The predicted octanol–water partition coefficient (Wildman–Crippen LogP) is 4.55. The molecule has 0 aliphatic heterocycles. The lowest BCUT2D eigenvalue weighted by Crippen LogP contribution is -2.00. The minimum atomic E-state index is 0.258. The first kappa shape index (κ1) is 15.6. The van der Waals surface area contributed by atoms with E-state index in [4.69, 9.17) is 0 Å². The van der Waals surface area contributed by atoms with Crippen molar-refractivity contribution in [2.75, 3.05) is 0 Å². The second kappa shape index (κ2) is 7.84. The Morgan fingerprint density at radius 2 is 1.23 bits per heavy atom. The molecule has 0 saturated carbocycles. The van der Waals surface area contributed by atoms with E-state index in [-0.39, 0.29) is 5.92 Å². The highest BCUT2D eigenvalue weighted by Gasteiger charge is 2.13. The minimum absolute atomic E-state index is 0.258. The molecule has 4 heteroatoms. The number of carbonyl (C=O) groups excluding carboxylic acids is 2. The predicted molar refractivity (Wildman–Crippen MR) is 85.2 cm³/mol. The Hall–Kier alpha value is -2.80. The number of hydrogen-bond acceptors (Lipinski definition) is 4. The molecular weight excluding hydrogens is 276 g/mol. The number of hydrogen-bond donors (Lipinski definition) is 0. The second-order valence-corrected chi connectivity index (χ2v) is 4.93. The standard InChI is InChI=1S/C18H16N2O2/c1-2-3-18(14-4-8-16(9-5-14)19-12-21)15-6-10-17(11-7-15)20-13-22/h4-11,18H,2-3H2,1H3. The number of isocyanates is 2. The molecule has 0 amide bonds. The summed E-state index contributed by atoms with van der Waals surface area (Å²) in [6, 6.07) is 15.2. The molecule has 22 heavy (non-hydrogen) atoms. The number of aliphatic imine (C=N–C) groups is 2. The van der Waals surface area contributed by atoms with Crippen molar-refractivity contribution in [2.24, 2.45) is 9.98 Å². The molecule has 0 saturated heterocycles. The third-order valence-corrected chi connectivity index (χ3v) is 3.52. The van der Waals surface area contributed by atoms with Crippen LogP contribution < -0.4 is 0 Å². The topological polar surface area (TPSA) is 58.9 Å². The molecule has 110 valence electrons. The maximum atomic E-state index is 10.3. The van der Waals surface area contributed by atoms with E-state index in [1.807, 2.05) is 48.5 Å². The summed E-state index contributed by atoms with van der Waals surface area (Å²) in [4.78, 5) is 27.8. The van der Waals surface area contributed by atoms with Gasteiger partial charge in [-0.05, 0) is 41.8 Å². The Morgan fingerprint density at radius 1 is 0.818 bits per heavy atom. The van der Waals surface area contributed by atoms with Crippen LogP contribution >= 0.6 is 0 Å². The summed E-state index contributed by atoms with van der Waals surface area (Å²) in [5.74, 6) is 0.258. The van der Waals surface area contributed by atoms with Gasteiger partial charge in [0.1, 0.15) is 0 Å². The van der Waals surface area contributed by atoms with Crippen molar-refractivity contribution in [3.8, 4) is 0 Å². The van der Waals surface area contributed by atoms with Gasteiger partial charge in [-0.2, -0.15) is 9.98 Å². The van der Waals surface area contributed by atoms with Crippen LogP contribution in [0, 0.1) is 0 Å². The maximum Gasteiger partial charge on any atom is 0.240 e. The number of benzene rings is 2. The molecule has 0 unspecified atom stereocenters. The first-order valence-corrected chi connectivity index (χ1v) is 7.14. The van der Waals surface area contributed by atoms with E-state index in [0.717, 1.165) is 12.8 Å². The van der Waals surface area contributed by atoms with Crippen molar-refractivity contribution in [3.63, 3.8) is 0 Å². The average molecular weight is 292 g/mol. The molecule has 4 nitrogen and oxygen atoms in total. The summed E-state index contributed by atoms with van der Waals surface area (Å²) in [7, 11) is 0. The molecule has 2 rings (SSSR count). The van der Waals surface area contributed by atoms with E-state index in [9.17, 15) is 9.59 Å². The highest BCUT2D eigenvalue weighted by Crippen LogP contribution is 2.31. The van der Waals surface area contributed by atoms with Gasteiger partial charge in [-0.15, -0.1) is 0 Å². The largest absolute Gasteiger partial charge is 0.240 e. The highest BCUT2D eigenvalue weighted by atomic mass is 16.1. The molecule has 0 aliphatic carbocycles. The van der Waals surface area contributed by atoms with Crippen LogP contribution in [0.15, 0.2) is 58.5 Å². The fourth-order valence-electron chi connectivity index (χ4n) is 2.48. The van der Waals surface area contributed by atoms with Crippen molar-refractivity contribution in [1.29, 1.82) is 0 Å². The minimum Gasteiger partial charge on any atom is -0.211 e. The van der Waals surface area contributed by atoms with E-state index in [1.54, 1.807) is 12.2 Å². The van der Waals surface area contributed by atoms with Gasteiger partial charge in [0.2, 0.25) is 12.2 Å². The third kappa shape index (κ3) is 3.86. The SMILES string of the molecule is CCCC(c1ccc(N=C=O)cc1)c1ccc(N=C=O)cc1. The summed E-state index contributed by atoms with van der Waals surface area (Å²) in [6.07, 6.45) is 5.14. The fraction of sp³-hybridized carbons (Fsp3) is 0.222. The zero-order chi connectivity index (χ0) is 15.8. The highest BCUT2D eigenvalue weighted by molar-refractivity contribution is 5.52. The normalized spacial score (nSPS) is 11.1. The Labute approximate surface area is 129 Å². The summed E-state index contributed by atoms with van der Waals surface area (Å²) in [5, 5.41) is 0. The second-order valence-electron chi connectivity index (χ2n) is 4.93. The molecule has 0 N–H and O–H groups in total. The van der Waals surface area contributed by atoms with E-state index in [0.29, 0.717) is 11.4 Å². The van der Waals surface area contributed by atoms with Crippen LogP contribution in [0.5, 0.6) is 0 Å². The van der Waals surface area contributed by atoms with Gasteiger partial charge in [-0.3, -0.25) is 0 Å². The molecule has 0 aromatic heterocycles. The van der Waals surface area contributed by atoms with Crippen molar-refractivity contribution in [3.05, 3.63) is 59.7 Å². The van der Waals surface area contributed by atoms with E-state index in [2.05, 4.69) is 16.9 Å². The van der Waals surface area contributed by atoms with Gasteiger partial charge < -0.3 is 0 Å². The lowest BCUT2D eigenvalue weighted by molar-refractivity contribution is 0.564. The first-order chi connectivity index (χ1) is 10.8. The molecule has 0 fully saturated rings. The Balaban J connectivity index is 2.32. The molecule has 0 heterocycles. The van der Waals surface area contributed by atoms with Crippen molar-refractivity contribution in [1.82, 2.24) is 0 Å². The van der Waals surface area contributed by atoms with Gasteiger partial charge in [0.15, 0.2) is 0 Å². The van der Waals surface area contributed by atoms with Crippen LogP contribution in [0.25, 0.3) is 0 Å². The zero-order valence-corrected chi connectivity index (χ0v) is 12.3. The lowest BCUT2D eigenvalue weighted by atomic mass is 9.87. The quantitative estimate of drug-likeness (QED) is 0.579. The molecule has 0 bridgehead atoms. The van der Waals surface area contributed by atoms with Gasteiger partial charge in [0.05, 0.1) is 11.4 Å². The molecule has 0 atom stereocenters. The monoisotopic (exact) mass is 292 g/mol.